The van der Waals surface area contributed by atoms with Crippen molar-refractivity contribution in [2.45, 2.75) is 57.2 Å². The SMILES string of the molecule is CC1C(Br)CCC1Cc1nc(C(C)(C)C)cs1. The van der Waals surface area contributed by atoms with Crippen LogP contribution in [-0.2, 0) is 11.8 Å². The largest absolute Gasteiger partial charge is 0.246 e. The van der Waals surface area contributed by atoms with E-state index in [9.17, 15) is 0 Å². The van der Waals surface area contributed by atoms with E-state index in [2.05, 4.69) is 49.0 Å². The zero-order chi connectivity index (χ0) is 12.6. The van der Waals surface area contributed by atoms with E-state index in [1.807, 2.05) is 11.3 Å². The van der Waals surface area contributed by atoms with E-state index in [1.165, 1.54) is 30.0 Å². The molecule has 1 aromatic heterocycles. The van der Waals surface area contributed by atoms with Crippen LogP contribution >= 0.6 is 27.3 Å². The van der Waals surface area contributed by atoms with Crippen LogP contribution in [0.4, 0.5) is 0 Å². The molecule has 1 saturated carbocycles. The van der Waals surface area contributed by atoms with Gasteiger partial charge in [0.25, 0.3) is 0 Å². The van der Waals surface area contributed by atoms with Gasteiger partial charge in [0.15, 0.2) is 0 Å². The third-order valence-corrected chi connectivity index (χ3v) is 6.05. The molecule has 1 aliphatic carbocycles. The molecule has 0 radical (unpaired) electrons. The van der Waals surface area contributed by atoms with Crippen molar-refractivity contribution in [1.82, 2.24) is 4.98 Å². The summed E-state index contributed by atoms with van der Waals surface area (Å²) < 4.78 is 0. The Labute approximate surface area is 117 Å². The Bertz CT molecular complexity index is 380. The molecule has 0 saturated heterocycles. The van der Waals surface area contributed by atoms with Crippen LogP contribution in [0, 0.1) is 11.8 Å². The lowest BCUT2D eigenvalue weighted by molar-refractivity contribution is 0.422. The third kappa shape index (κ3) is 3.11. The van der Waals surface area contributed by atoms with E-state index < -0.39 is 0 Å². The summed E-state index contributed by atoms with van der Waals surface area (Å²) in [5.41, 5.74) is 1.44. The molecule has 96 valence electrons. The van der Waals surface area contributed by atoms with E-state index in [0.29, 0.717) is 0 Å². The Hall–Kier alpha value is 0.110. The van der Waals surface area contributed by atoms with Gasteiger partial charge in [-0.25, -0.2) is 4.98 Å². The van der Waals surface area contributed by atoms with E-state index in [1.54, 1.807) is 0 Å². The van der Waals surface area contributed by atoms with Gasteiger partial charge in [-0.2, -0.15) is 0 Å². The van der Waals surface area contributed by atoms with Crippen molar-refractivity contribution in [3.05, 3.63) is 16.1 Å². The molecule has 17 heavy (non-hydrogen) atoms. The van der Waals surface area contributed by atoms with Crippen molar-refractivity contribution < 1.29 is 0 Å². The lowest BCUT2D eigenvalue weighted by Gasteiger charge is -2.16. The molecule has 0 spiro atoms. The highest BCUT2D eigenvalue weighted by atomic mass is 79.9. The van der Waals surface area contributed by atoms with Gasteiger partial charge in [-0.1, -0.05) is 43.6 Å². The van der Waals surface area contributed by atoms with Crippen LogP contribution in [0.25, 0.3) is 0 Å². The number of aromatic nitrogens is 1. The van der Waals surface area contributed by atoms with Crippen molar-refractivity contribution in [2.75, 3.05) is 0 Å². The number of hydrogen-bond acceptors (Lipinski definition) is 2. The maximum Gasteiger partial charge on any atom is 0.0931 e. The molecular weight excluding hydrogens is 294 g/mol. The Balaban J connectivity index is 2.03. The zero-order valence-electron chi connectivity index (χ0n) is 11.2. The Kier molecular flexibility index (Phi) is 3.99. The quantitative estimate of drug-likeness (QED) is 0.715. The molecule has 2 rings (SSSR count). The van der Waals surface area contributed by atoms with Crippen LogP contribution in [-0.4, -0.2) is 9.81 Å². The van der Waals surface area contributed by atoms with Gasteiger partial charge in [0.2, 0.25) is 0 Å². The maximum absolute atomic E-state index is 4.81. The molecule has 3 heteroatoms. The van der Waals surface area contributed by atoms with Crippen LogP contribution in [0.5, 0.6) is 0 Å². The molecule has 1 nitrogen and oxygen atoms in total. The van der Waals surface area contributed by atoms with Crippen LogP contribution in [0.15, 0.2) is 5.38 Å². The highest BCUT2D eigenvalue weighted by molar-refractivity contribution is 9.09. The number of halogens is 1. The van der Waals surface area contributed by atoms with Crippen molar-refractivity contribution >= 4 is 27.3 Å². The van der Waals surface area contributed by atoms with E-state index in [-0.39, 0.29) is 5.41 Å². The summed E-state index contributed by atoms with van der Waals surface area (Å²) in [5.74, 6) is 1.61. The maximum atomic E-state index is 4.81. The van der Waals surface area contributed by atoms with Gasteiger partial charge >= 0.3 is 0 Å². The normalized spacial score (nSPS) is 29.8. The van der Waals surface area contributed by atoms with Crippen LogP contribution < -0.4 is 0 Å². The molecule has 1 aliphatic rings. The fraction of sp³-hybridized carbons (Fsp3) is 0.786. The summed E-state index contributed by atoms with van der Waals surface area (Å²) in [7, 11) is 0. The average Bonchev–Trinajstić information content (AvgIpc) is 2.80. The molecule has 1 heterocycles. The van der Waals surface area contributed by atoms with E-state index in [0.717, 1.165) is 16.7 Å². The number of rotatable bonds is 2. The van der Waals surface area contributed by atoms with Crippen LogP contribution in [0.1, 0.15) is 51.2 Å². The minimum absolute atomic E-state index is 0.188. The number of alkyl halides is 1. The molecule has 1 aromatic rings. The molecule has 0 bridgehead atoms. The fourth-order valence-electron chi connectivity index (χ4n) is 2.46. The Morgan fingerprint density at radius 1 is 1.41 bits per heavy atom. The predicted molar refractivity (Wildman–Crippen MR) is 79.1 cm³/mol. The van der Waals surface area contributed by atoms with Gasteiger partial charge in [-0.3, -0.25) is 0 Å². The molecule has 0 aromatic carbocycles. The first-order valence-electron chi connectivity index (χ1n) is 6.47. The van der Waals surface area contributed by atoms with Gasteiger partial charge in [0, 0.05) is 22.0 Å². The molecule has 0 N–H and O–H groups in total. The minimum Gasteiger partial charge on any atom is -0.246 e. The second-order valence-corrected chi connectivity index (χ2v) is 8.41. The van der Waals surface area contributed by atoms with Gasteiger partial charge in [0.05, 0.1) is 10.7 Å². The first kappa shape index (κ1) is 13.5. The minimum atomic E-state index is 0.188. The lowest BCUT2D eigenvalue weighted by Crippen LogP contribution is -2.14. The number of thiazole rings is 1. The fourth-order valence-corrected chi connectivity index (χ4v) is 4.27. The van der Waals surface area contributed by atoms with Gasteiger partial charge < -0.3 is 0 Å². The van der Waals surface area contributed by atoms with Crippen LogP contribution in [0.2, 0.25) is 0 Å². The zero-order valence-corrected chi connectivity index (χ0v) is 13.6. The second-order valence-electron chi connectivity index (χ2n) is 6.29. The van der Waals surface area contributed by atoms with Gasteiger partial charge in [-0.15, -0.1) is 11.3 Å². The van der Waals surface area contributed by atoms with Crippen molar-refractivity contribution in [3.8, 4) is 0 Å². The summed E-state index contributed by atoms with van der Waals surface area (Å²) in [4.78, 5) is 5.52. The third-order valence-electron chi connectivity index (χ3n) is 3.88. The molecule has 0 aliphatic heterocycles. The Morgan fingerprint density at radius 2 is 2.12 bits per heavy atom. The summed E-state index contributed by atoms with van der Waals surface area (Å²) in [5, 5.41) is 3.56. The smallest absolute Gasteiger partial charge is 0.0931 e. The summed E-state index contributed by atoms with van der Waals surface area (Å²) >= 11 is 5.62. The van der Waals surface area contributed by atoms with Crippen LogP contribution in [0.3, 0.4) is 0 Å². The monoisotopic (exact) mass is 315 g/mol. The van der Waals surface area contributed by atoms with Gasteiger partial charge in [0.1, 0.15) is 0 Å². The van der Waals surface area contributed by atoms with Crippen molar-refractivity contribution in [3.63, 3.8) is 0 Å². The summed E-state index contributed by atoms with van der Waals surface area (Å²) in [6.07, 6.45) is 3.84. The molecule has 1 fully saturated rings. The predicted octanol–water partition coefficient (Wildman–Crippen LogP) is 4.79. The highest BCUT2D eigenvalue weighted by Crippen LogP contribution is 2.39. The van der Waals surface area contributed by atoms with Crippen molar-refractivity contribution in [1.29, 1.82) is 0 Å². The number of nitrogens with zero attached hydrogens (tertiary/aromatic N) is 1. The molecule has 3 atom stereocenters. The van der Waals surface area contributed by atoms with Crippen molar-refractivity contribution in [2.24, 2.45) is 11.8 Å². The molecule has 3 unspecified atom stereocenters. The van der Waals surface area contributed by atoms with E-state index >= 15 is 0 Å². The molecular formula is C14H22BrNS. The highest BCUT2D eigenvalue weighted by Gasteiger charge is 2.31. The second kappa shape index (κ2) is 5.00. The Morgan fingerprint density at radius 3 is 2.59 bits per heavy atom. The first-order valence-corrected chi connectivity index (χ1v) is 8.26. The first-order chi connectivity index (χ1) is 7.88. The summed E-state index contributed by atoms with van der Waals surface area (Å²) in [6, 6.07) is 0. The van der Waals surface area contributed by atoms with E-state index in [4.69, 9.17) is 4.98 Å². The summed E-state index contributed by atoms with van der Waals surface area (Å²) in [6.45, 7) is 9.07. The average molecular weight is 316 g/mol. The van der Waals surface area contributed by atoms with Gasteiger partial charge in [-0.05, 0) is 24.7 Å². The number of hydrogen-bond donors (Lipinski definition) is 0. The standard InChI is InChI=1S/C14H22BrNS/c1-9-10(5-6-11(9)15)7-13-16-12(8-17-13)14(2,3)4/h8-11H,5-7H2,1-4H3. The topological polar surface area (TPSA) is 12.9 Å². The molecule has 0 amide bonds. The lowest BCUT2D eigenvalue weighted by atomic mass is 9.93.